The van der Waals surface area contributed by atoms with E-state index in [9.17, 15) is 9.18 Å². The molecule has 1 heterocycles. The van der Waals surface area contributed by atoms with Crippen molar-refractivity contribution in [1.29, 1.82) is 0 Å². The molecule has 4 atom stereocenters. The maximum atomic E-state index is 13.1. The summed E-state index contributed by atoms with van der Waals surface area (Å²) in [5.41, 5.74) is 1.05. The van der Waals surface area contributed by atoms with Crippen molar-refractivity contribution in [2.24, 2.45) is 11.8 Å². The van der Waals surface area contributed by atoms with Crippen molar-refractivity contribution in [3.05, 3.63) is 30.1 Å². The highest BCUT2D eigenvalue weighted by molar-refractivity contribution is 5.81. The zero-order chi connectivity index (χ0) is 18.7. The Hall–Kier alpha value is -1.62. The van der Waals surface area contributed by atoms with Crippen molar-refractivity contribution in [2.75, 3.05) is 31.1 Å². The zero-order valence-corrected chi connectivity index (χ0v) is 16.2. The van der Waals surface area contributed by atoms with Gasteiger partial charge in [-0.25, -0.2) is 4.39 Å². The van der Waals surface area contributed by atoms with E-state index in [2.05, 4.69) is 29.0 Å². The molecule has 0 unspecified atom stereocenters. The van der Waals surface area contributed by atoms with Gasteiger partial charge in [-0.05, 0) is 49.4 Å². The van der Waals surface area contributed by atoms with Crippen LogP contribution in [0.3, 0.4) is 0 Å². The Labute approximate surface area is 156 Å². The highest BCUT2D eigenvalue weighted by Gasteiger charge is 2.31. The van der Waals surface area contributed by atoms with Crippen LogP contribution in [-0.2, 0) is 4.79 Å². The molecule has 1 aromatic carbocycles. The predicted octanol–water partition coefficient (Wildman–Crippen LogP) is 3.28. The highest BCUT2D eigenvalue weighted by atomic mass is 19.1. The number of carbonyl (C=O) groups is 1. The topological polar surface area (TPSA) is 35.6 Å². The van der Waals surface area contributed by atoms with Gasteiger partial charge in [0.1, 0.15) is 5.82 Å². The molecule has 2 fully saturated rings. The lowest BCUT2D eigenvalue weighted by molar-refractivity contribution is -0.127. The van der Waals surface area contributed by atoms with E-state index in [1.807, 2.05) is 19.1 Å². The number of halogens is 1. The quantitative estimate of drug-likeness (QED) is 0.894. The van der Waals surface area contributed by atoms with Gasteiger partial charge in [0.15, 0.2) is 0 Å². The summed E-state index contributed by atoms with van der Waals surface area (Å²) in [5.74, 6) is 1.19. The fourth-order valence-electron chi connectivity index (χ4n) is 4.27. The van der Waals surface area contributed by atoms with Gasteiger partial charge in [0.05, 0.1) is 6.04 Å². The molecule has 0 bridgehead atoms. The molecule has 1 aliphatic carbocycles. The summed E-state index contributed by atoms with van der Waals surface area (Å²) in [7, 11) is 0. The van der Waals surface area contributed by atoms with Crippen molar-refractivity contribution in [3.8, 4) is 0 Å². The minimum atomic E-state index is -0.205. The predicted molar refractivity (Wildman–Crippen MR) is 104 cm³/mol. The second-order valence-corrected chi connectivity index (χ2v) is 8.06. The third-order valence-electron chi connectivity index (χ3n) is 6.47. The second-order valence-electron chi connectivity index (χ2n) is 8.06. The van der Waals surface area contributed by atoms with E-state index >= 15 is 0 Å². The largest absolute Gasteiger partial charge is 0.369 e. The van der Waals surface area contributed by atoms with Crippen LogP contribution in [0, 0.1) is 17.7 Å². The van der Waals surface area contributed by atoms with E-state index in [1.165, 1.54) is 25.0 Å². The molecule has 4 nitrogen and oxygen atoms in total. The number of hydrogen-bond acceptors (Lipinski definition) is 3. The number of benzene rings is 1. The van der Waals surface area contributed by atoms with Crippen molar-refractivity contribution in [1.82, 2.24) is 10.2 Å². The van der Waals surface area contributed by atoms with Gasteiger partial charge in [-0.2, -0.15) is 0 Å². The van der Waals surface area contributed by atoms with E-state index in [0.717, 1.165) is 38.3 Å². The fraction of sp³-hybridized carbons (Fsp3) is 0.667. The van der Waals surface area contributed by atoms with E-state index < -0.39 is 0 Å². The SMILES string of the molecule is C[C@@H]1[C@H](C)CCC[C@H]1NC(=O)[C@@H](C)N1CCN(c2ccc(F)cc2)CC1. The van der Waals surface area contributed by atoms with Crippen molar-refractivity contribution >= 4 is 11.6 Å². The van der Waals surface area contributed by atoms with Crippen molar-refractivity contribution in [3.63, 3.8) is 0 Å². The van der Waals surface area contributed by atoms with Crippen LogP contribution in [0.2, 0.25) is 0 Å². The molecular weight excluding hydrogens is 329 g/mol. The Morgan fingerprint density at radius 1 is 1.12 bits per heavy atom. The third kappa shape index (κ3) is 4.37. The summed E-state index contributed by atoms with van der Waals surface area (Å²) in [6.07, 6.45) is 3.58. The summed E-state index contributed by atoms with van der Waals surface area (Å²) in [6, 6.07) is 6.87. The van der Waals surface area contributed by atoms with Gasteiger partial charge in [0, 0.05) is 37.9 Å². The molecule has 1 amide bonds. The van der Waals surface area contributed by atoms with Gasteiger partial charge in [-0.3, -0.25) is 9.69 Å². The first-order chi connectivity index (χ1) is 12.5. The molecule has 144 valence electrons. The minimum absolute atomic E-state index is 0.102. The first-order valence-corrected chi connectivity index (χ1v) is 10.0. The molecule has 0 spiro atoms. The molecule has 26 heavy (non-hydrogen) atoms. The smallest absolute Gasteiger partial charge is 0.237 e. The Morgan fingerprint density at radius 3 is 2.42 bits per heavy atom. The van der Waals surface area contributed by atoms with Gasteiger partial charge >= 0.3 is 0 Å². The normalized spacial score (nSPS) is 28.6. The summed E-state index contributed by atoms with van der Waals surface area (Å²) < 4.78 is 13.1. The lowest BCUT2D eigenvalue weighted by Gasteiger charge is -2.40. The molecule has 3 rings (SSSR count). The van der Waals surface area contributed by atoms with Crippen molar-refractivity contribution in [2.45, 2.75) is 52.1 Å². The molecule has 1 saturated carbocycles. The van der Waals surface area contributed by atoms with Gasteiger partial charge in [0.25, 0.3) is 0 Å². The Bertz CT molecular complexity index is 598. The fourth-order valence-corrected chi connectivity index (χ4v) is 4.27. The molecule has 1 aromatic rings. The Kier molecular flexibility index (Phi) is 6.17. The Morgan fingerprint density at radius 2 is 1.77 bits per heavy atom. The third-order valence-corrected chi connectivity index (χ3v) is 6.47. The lowest BCUT2D eigenvalue weighted by Crippen LogP contribution is -2.56. The molecule has 5 heteroatoms. The zero-order valence-electron chi connectivity index (χ0n) is 16.2. The van der Waals surface area contributed by atoms with E-state index in [1.54, 1.807) is 0 Å². The number of amides is 1. The number of rotatable bonds is 4. The van der Waals surface area contributed by atoms with E-state index in [0.29, 0.717) is 17.9 Å². The summed E-state index contributed by atoms with van der Waals surface area (Å²) in [5, 5.41) is 3.31. The average molecular weight is 362 g/mol. The number of piperazine rings is 1. The van der Waals surface area contributed by atoms with Crippen LogP contribution in [0.5, 0.6) is 0 Å². The summed E-state index contributed by atoms with van der Waals surface area (Å²) in [4.78, 5) is 17.3. The molecule has 2 aliphatic rings. The lowest BCUT2D eigenvalue weighted by atomic mass is 9.78. The molecule has 1 aliphatic heterocycles. The van der Waals surface area contributed by atoms with Gasteiger partial charge in [-0.15, -0.1) is 0 Å². The second kappa shape index (κ2) is 8.38. The number of nitrogens with zero attached hydrogens (tertiary/aromatic N) is 2. The first-order valence-electron chi connectivity index (χ1n) is 10.0. The maximum Gasteiger partial charge on any atom is 0.237 e. The van der Waals surface area contributed by atoms with Crippen LogP contribution in [0.4, 0.5) is 10.1 Å². The molecule has 1 N–H and O–H groups in total. The molecular formula is C21H32FN3O. The molecule has 0 aromatic heterocycles. The number of anilines is 1. The number of nitrogens with one attached hydrogen (secondary N) is 1. The van der Waals surface area contributed by atoms with E-state index in [-0.39, 0.29) is 17.8 Å². The van der Waals surface area contributed by atoms with Crippen molar-refractivity contribution < 1.29 is 9.18 Å². The Balaban J connectivity index is 1.50. The van der Waals surface area contributed by atoms with Crippen LogP contribution in [0.1, 0.15) is 40.0 Å². The van der Waals surface area contributed by atoms with E-state index in [4.69, 9.17) is 0 Å². The maximum absolute atomic E-state index is 13.1. The summed E-state index contributed by atoms with van der Waals surface area (Å²) >= 11 is 0. The van der Waals surface area contributed by atoms with Crippen LogP contribution in [-0.4, -0.2) is 49.1 Å². The van der Waals surface area contributed by atoms with Gasteiger partial charge < -0.3 is 10.2 Å². The van der Waals surface area contributed by atoms with Crippen LogP contribution in [0.25, 0.3) is 0 Å². The summed E-state index contributed by atoms with van der Waals surface area (Å²) in [6.45, 7) is 9.99. The monoisotopic (exact) mass is 361 g/mol. The molecule has 1 saturated heterocycles. The van der Waals surface area contributed by atoms with Crippen LogP contribution < -0.4 is 10.2 Å². The molecule has 0 radical (unpaired) electrons. The average Bonchev–Trinajstić information content (AvgIpc) is 2.65. The van der Waals surface area contributed by atoms with Gasteiger partial charge in [0.2, 0.25) is 5.91 Å². The minimum Gasteiger partial charge on any atom is -0.369 e. The van der Waals surface area contributed by atoms with Gasteiger partial charge in [-0.1, -0.05) is 26.7 Å². The first kappa shape index (κ1) is 19.2. The standard InChI is InChI=1S/C21H32FN3O/c1-15-5-4-6-20(16(15)2)23-21(26)17(3)24-11-13-25(14-12-24)19-9-7-18(22)8-10-19/h7-10,15-17,20H,4-6,11-14H2,1-3H3,(H,23,26)/t15-,16-,17-,20-/m1/s1. The van der Waals surface area contributed by atoms with Crippen LogP contribution >= 0.6 is 0 Å². The highest BCUT2D eigenvalue weighted by Crippen LogP contribution is 2.29. The number of carbonyl (C=O) groups excluding carboxylic acids is 1. The number of hydrogen-bond donors (Lipinski definition) is 1. The van der Waals surface area contributed by atoms with Crippen LogP contribution in [0.15, 0.2) is 24.3 Å².